The monoisotopic (exact) mass is 398 g/mol. The molecule has 2 aromatic heterocycles. The van der Waals surface area contributed by atoms with E-state index in [0.29, 0.717) is 19.8 Å². The number of rotatable bonds is 6. The van der Waals surface area contributed by atoms with E-state index in [1.54, 1.807) is 29.8 Å². The van der Waals surface area contributed by atoms with Crippen molar-refractivity contribution >= 4 is 23.3 Å². The average molecular weight is 399 g/mol. The van der Waals surface area contributed by atoms with Gasteiger partial charge < -0.3 is 14.4 Å². The van der Waals surface area contributed by atoms with E-state index in [4.69, 9.17) is 9.47 Å². The van der Waals surface area contributed by atoms with Gasteiger partial charge in [-0.1, -0.05) is 6.07 Å². The zero-order valence-electron chi connectivity index (χ0n) is 16.0. The van der Waals surface area contributed by atoms with E-state index >= 15 is 0 Å². The number of pyridine rings is 1. The Morgan fingerprint density at radius 1 is 1.39 bits per heavy atom. The van der Waals surface area contributed by atoms with Gasteiger partial charge in [-0.05, 0) is 54.5 Å². The van der Waals surface area contributed by atoms with E-state index < -0.39 is 0 Å². The molecule has 5 nitrogen and oxygen atoms in total. The van der Waals surface area contributed by atoms with Crippen molar-refractivity contribution in [1.82, 2.24) is 9.88 Å². The second-order valence-corrected chi connectivity index (χ2v) is 8.55. The molecular weight excluding hydrogens is 372 g/mol. The summed E-state index contributed by atoms with van der Waals surface area (Å²) in [5.41, 5.74) is 0.998. The van der Waals surface area contributed by atoms with Gasteiger partial charge in [0.1, 0.15) is 0 Å². The molecule has 2 saturated heterocycles. The normalized spacial score (nSPS) is 25.0. The maximum atomic E-state index is 12.8. The lowest BCUT2D eigenvalue weighted by molar-refractivity contribution is -0.163. The quantitative estimate of drug-likeness (QED) is 0.695. The molecule has 2 unspecified atom stereocenters. The predicted octanol–water partition coefficient (Wildman–Crippen LogP) is 3.77. The molecule has 4 heterocycles. The van der Waals surface area contributed by atoms with Crippen LogP contribution in [0.4, 0.5) is 0 Å². The van der Waals surface area contributed by atoms with Gasteiger partial charge in [0.15, 0.2) is 0 Å². The van der Waals surface area contributed by atoms with Crippen LogP contribution >= 0.6 is 11.3 Å². The van der Waals surface area contributed by atoms with Crippen LogP contribution in [0.3, 0.4) is 0 Å². The van der Waals surface area contributed by atoms with Crippen molar-refractivity contribution in [1.29, 1.82) is 0 Å². The highest BCUT2D eigenvalue weighted by molar-refractivity contribution is 7.10. The van der Waals surface area contributed by atoms with Crippen LogP contribution in [0.5, 0.6) is 0 Å². The molecule has 0 aliphatic carbocycles. The Labute approximate surface area is 170 Å². The second kappa shape index (κ2) is 8.99. The topological polar surface area (TPSA) is 51.7 Å². The van der Waals surface area contributed by atoms with Crippen molar-refractivity contribution in [3.8, 4) is 0 Å². The van der Waals surface area contributed by atoms with Gasteiger partial charge in [-0.25, -0.2) is 0 Å². The number of carbonyl (C=O) groups excluding carboxylic acids is 1. The first-order valence-corrected chi connectivity index (χ1v) is 10.7. The van der Waals surface area contributed by atoms with Crippen molar-refractivity contribution < 1.29 is 14.3 Å². The first-order chi connectivity index (χ1) is 13.8. The predicted molar refractivity (Wildman–Crippen MR) is 110 cm³/mol. The molecule has 0 N–H and O–H groups in total. The molecule has 4 rings (SSSR count). The minimum absolute atomic E-state index is 0.0749. The number of likely N-dealkylation sites (tertiary alicyclic amines) is 1. The summed E-state index contributed by atoms with van der Waals surface area (Å²) in [7, 11) is 0. The molecule has 2 aromatic rings. The first-order valence-electron chi connectivity index (χ1n) is 9.84. The molecule has 6 heteroatoms. The van der Waals surface area contributed by atoms with E-state index in [9.17, 15) is 4.79 Å². The van der Waals surface area contributed by atoms with Crippen LogP contribution in [0.25, 0.3) is 6.08 Å². The number of hydrogen-bond acceptors (Lipinski definition) is 5. The van der Waals surface area contributed by atoms with E-state index in [-0.39, 0.29) is 17.4 Å². The molecule has 1 amide bonds. The fraction of sp³-hybridized carbons (Fsp3) is 0.455. The zero-order valence-corrected chi connectivity index (χ0v) is 16.8. The third kappa shape index (κ3) is 4.51. The Morgan fingerprint density at radius 3 is 3.11 bits per heavy atom. The standard InChI is InChI=1S/C22H26N2O3S/c25-21(5-4-19-3-1-14-28-19)24-12-8-20-22(16-24,9-2-13-27-20)17-26-15-18-6-10-23-11-7-18/h1,3-7,10-11,14,20H,2,8-9,12-13,15-17H2/b5-4+. The van der Waals surface area contributed by atoms with Crippen molar-refractivity contribution in [2.24, 2.45) is 5.41 Å². The average Bonchev–Trinajstić information content (AvgIpc) is 3.26. The highest BCUT2D eigenvalue weighted by Gasteiger charge is 2.46. The lowest BCUT2D eigenvalue weighted by atomic mass is 9.73. The highest BCUT2D eigenvalue weighted by Crippen LogP contribution is 2.40. The van der Waals surface area contributed by atoms with E-state index in [1.165, 1.54) is 0 Å². The first kappa shape index (κ1) is 19.3. The highest BCUT2D eigenvalue weighted by atomic mass is 32.1. The lowest BCUT2D eigenvalue weighted by Crippen LogP contribution is -2.57. The van der Waals surface area contributed by atoms with Crippen LogP contribution in [0, 0.1) is 5.41 Å². The van der Waals surface area contributed by atoms with Gasteiger partial charge in [0, 0.05) is 48.5 Å². The summed E-state index contributed by atoms with van der Waals surface area (Å²) in [6.45, 7) is 3.41. The summed E-state index contributed by atoms with van der Waals surface area (Å²) in [4.78, 5) is 19.9. The van der Waals surface area contributed by atoms with Crippen LogP contribution in [0.1, 0.15) is 29.7 Å². The van der Waals surface area contributed by atoms with E-state index in [2.05, 4.69) is 4.98 Å². The van der Waals surface area contributed by atoms with Crippen LogP contribution in [-0.4, -0.2) is 48.2 Å². The Balaban J connectivity index is 1.41. The number of hydrogen-bond donors (Lipinski definition) is 0. The summed E-state index contributed by atoms with van der Waals surface area (Å²) in [5.74, 6) is 0.0749. The van der Waals surface area contributed by atoms with Crippen molar-refractivity contribution in [2.45, 2.75) is 32.0 Å². The minimum atomic E-state index is -0.115. The molecule has 0 bridgehead atoms. The molecule has 148 valence electrons. The van der Waals surface area contributed by atoms with Gasteiger partial charge in [-0.2, -0.15) is 0 Å². The Morgan fingerprint density at radius 2 is 2.29 bits per heavy atom. The molecule has 2 fully saturated rings. The number of carbonyl (C=O) groups is 1. The van der Waals surface area contributed by atoms with Gasteiger partial charge >= 0.3 is 0 Å². The largest absolute Gasteiger partial charge is 0.377 e. The van der Waals surface area contributed by atoms with Gasteiger partial charge in [0.05, 0.1) is 19.3 Å². The molecule has 2 atom stereocenters. The molecule has 0 aromatic carbocycles. The SMILES string of the molecule is O=C(/C=C/c1cccs1)N1CCC2OCCCC2(COCc2ccncc2)C1. The van der Waals surface area contributed by atoms with Gasteiger partial charge in [0.2, 0.25) is 5.91 Å². The summed E-state index contributed by atoms with van der Waals surface area (Å²) in [6.07, 6.45) is 10.3. The summed E-state index contributed by atoms with van der Waals surface area (Å²) < 4.78 is 12.2. The van der Waals surface area contributed by atoms with E-state index in [1.807, 2.05) is 40.6 Å². The second-order valence-electron chi connectivity index (χ2n) is 7.57. The number of thiophene rings is 1. The molecular formula is C22H26N2O3S. The zero-order chi connectivity index (χ0) is 19.2. The van der Waals surface area contributed by atoms with E-state index in [0.717, 1.165) is 42.9 Å². The number of piperidine rings is 1. The molecule has 2 aliphatic rings. The Kier molecular flexibility index (Phi) is 6.20. The molecule has 0 radical (unpaired) electrons. The number of aromatic nitrogens is 1. The molecule has 28 heavy (non-hydrogen) atoms. The fourth-order valence-corrected chi connectivity index (χ4v) is 4.80. The Bertz CT molecular complexity index is 793. The minimum Gasteiger partial charge on any atom is -0.377 e. The van der Waals surface area contributed by atoms with Crippen molar-refractivity contribution in [2.75, 3.05) is 26.3 Å². The summed E-state index contributed by atoms with van der Waals surface area (Å²) in [5, 5.41) is 2.02. The van der Waals surface area contributed by atoms with Crippen molar-refractivity contribution in [3.05, 3.63) is 58.6 Å². The molecule has 0 spiro atoms. The smallest absolute Gasteiger partial charge is 0.246 e. The van der Waals surface area contributed by atoms with Crippen molar-refractivity contribution in [3.63, 3.8) is 0 Å². The van der Waals surface area contributed by atoms with Gasteiger partial charge in [-0.3, -0.25) is 9.78 Å². The molecule has 2 aliphatic heterocycles. The number of nitrogens with zero attached hydrogens (tertiary/aromatic N) is 2. The van der Waals surface area contributed by atoms with Crippen LogP contribution in [0.15, 0.2) is 48.1 Å². The van der Waals surface area contributed by atoms with Crippen LogP contribution < -0.4 is 0 Å². The summed E-state index contributed by atoms with van der Waals surface area (Å²) >= 11 is 1.64. The fourth-order valence-electron chi connectivity index (χ4n) is 4.19. The number of amides is 1. The maximum Gasteiger partial charge on any atom is 0.246 e. The number of fused-ring (bicyclic) bond motifs is 1. The lowest BCUT2D eigenvalue weighted by Gasteiger charge is -2.50. The Hall–Kier alpha value is -2.02. The molecule has 0 saturated carbocycles. The van der Waals surface area contributed by atoms with Crippen LogP contribution in [0.2, 0.25) is 0 Å². The maximum absolute atomic E-state index is 12.8. The van der Waals surface area contributed by atoms with Gasteiger partial charge in [-0.15, -0.1) is 11.3 Å². The summed E-state index contributed by atoms with van der Waals surface area (Å²) in [6, 6.07) is 7.95. The van der Waals surface area contributed by atoms with Gasteiger partial charge in [0.25, 0.3) is 0 Å². The number of ether oxygens (including phenoxy) is 2. The third-order valence-corrected chi connectivity index (χ3v) is 6.48. The van der Waals surface area contributed by atoms with Crippen LogP contribution in [-0.2, 0) is 20.9 Å². The third-order valence-electron chi connectivity index (χ3n) is 5.64.